The molecule has 3 nitrogen and oxygen atoms in total. The maximum atomic E-state index is 12.6. The second-order valence-corrected chi connectivity index (χ2v) is 7.83. The lowest BCUT2D eigenvalue weighted by molar-refractivity contribution is 0.486. The van der Waals surface area contributed by atoms with Gasteiger partial charge in [-0.15, -0.1) is 11.3 Å². The van der Waals surface area contributed by atoms with E-state index in [0.717, 1.165) is 22.3 Å². The van der Waals surface area contributed by atoms with Gasteiger partial charge in [-0.1, -0.05) is 13.8 Å². The maximum Gasteiger partial charge on any atom is 0.263 e. The van der Waals surface area contributed by atoms with Crippen LogP contribution in [0.3, 0.4) is 0 Å². The highest BCUT2D eigenvalue weighted by molar-refractivity contribution is 7.71. The first-order valence-corrected chi connectivity index (χ1v) is 7.76. The van der Waals surface area contributed by atoms with Crippen LogP contribution in [0.2, 0.25) is 0 Å². The zero-order valence-electron chi connectivity index (χ0n) is 11.7. The summed E-state index contributed by atoms with van der Waals surface area (Å²) in [5.41, 5.74) is 1.51. The van der Waals surface area contributed by atoms with E-state index in [-0.39, 0.29) is 5.56 Å². The smallest absolute Gasteiger partial charge is 0.263 e. The summed E-state index contributed by atoms with van der Waals surface area (Å²) in [4.78, 5) is 18.0. The van der Waals surface area contributed by atoms with Crippen molar-refractivity contribution in [1.82, 2.24) is 9.55 Å². The van der Waals surface area contributed by atoms with Crippen molar-refractivity contribution < 1.29 is 0 Å². The normalized spacial score (nSPS) is 20.9. The summed E-state index contributed by atoms with van der Waals surface area (Å²) in [7, 11) is 0. The van der Waals surface area contributed by atoms with Crippen LogP contribution in [0.5, 0.6) is 0 Å². The standard InChI is InChI=1S/C14H18N2OS2/c1-7-8(2)19-11-10(7)12(17)16(13(18)15-11)6-9-5-14(9,3)4/h9H,5-6H2,1-4H3,(H,15,18). The molecule has 1 saturated carbocycles. The number of aromatic amines is 1. The van der Waals surface area contributed by atoms with Crippen molar-refractivity contribution in [2.75, 3.05) is 0 Å². The topological polar surface area (TPSA) is 37.8 Å². The summed E-state index contributed by atoms with van der Waals surface area (Å²) in [5, 5.41) is 0.814. The molecule has 1 fully saturated rings. The minimum absolute atomic E-state index is 0.0725. The highest BCUT2D eigenvalue weighted by Gasteiger charge is 2.45. The molecule has 1 unspecified atom stereocenters. The molecule has 0 radical (unpaired) electrons. The Morgan fingerprint density at radius 3 is 2.68 bits per heavy atom. The highest BCUT2D eigenvalue weighted by Crippen LogP contribution is 2.52. The Balaban J connectivity index is 2.17. The van der Waals surface area contributed by atoms with Gasteiger partial charge in [-0.25, -0.2) is 0 Å². The number of aromatic nitrogens is 2. The third-order valence-corrected chi connectivity index (χ3v) is 5.88. The average Bonchev–Trinajstić information content (AvgIpc) is 2.80. The lowest BCUT2D eigenvalue weighted by Gasteiger charge is -2.08. The Morgan fingerprint density at radius 2 is 2.11 bits per heavy atom. The molecule has 0 aliphatic heterocycles. The van der Waals surface area contributed by atoms with Gasteiger partial charge in [-0.2, -0.15) is 0 Å². The van der Waals surface area contributed by atoms with Gasteiger partial charge in [-0.3, -0.25) is 9.36 Å². The molecule has 0 aromatic carbocycles. The number of hydrogen-bond acceptors (Lipinski definition) is 3. The Kier molecular flexibility index (Phi) is 2.77. The third-order valence-electron chi connectivity index (χ3n) is 4.43. The summed E-state index contributed by atoms with van der Waals surface area (Å²) in [6.07, 6.45) is 1.17. The maximum absolute atomic E-state index is 12.6. The van der Waals surface area contributed by atoms with Gasteiger partial charge >= 0.3 is 0 Å². The summed E-state index contributed by atoms with van der Waals surface area (Å²) in [6, 6.07) is 0. The second-order valence-electron chi connectivity index (χ2n) is 6.22. The van der Waals surface area contributed by atoms with Gasteiger partial charge in [0.05, 0.1) is 5.39 Å². The molecule has 0 amide bonds. The van der Waals surface area contributed by atoms with Crippen LogP contribution in [0.25, 0.3) is 10.2 Å². The summed E-state index contributed by atoms with van der Waals surface area (Å²) in [5.74, 6) is 0.567. The number of hydrogen-bond donors (Lipinski definition) is 1. The molecule has 1 aliphatic carbocycles. The summed E-state index contributed by atoms with van der Waals surface area (Å²) < 4.78 is 2.30. The number of thiophene rings is 1. The van der Waals surface area contributed by atoms with Crippen molar-refractivity contribution in [2.45, 2.75) is 40.7 Å². The average molecular weight is 294 g/mol. The van der Waals surface area contributed by atoms with E-state index in [0.29, 0.717) is 16.1 Å². The van der Waals surface area contributed by atoms with E-state index >= 15 is 0 Å². The molecule has 1 N–H and O–H groups in total. The molecule has 0 saturated heterocycles. The Hall–Kier alpha value is -0.940. The number of fused-ring (bicyclic) bond motifs is 1. The van der Waals surface area contributed by atoms with Gasteiger partial charge in [-0.05, 0) is 49.4 Å². The van der Waals surface area contributed by atoms with Crippen LogP contribution in [0.1, 0.15) is 30.7 Å². The fourth-order valence-corrected chi connectivity index (χ4v) is 4.01. The Bertz CT molecular complexity index is 779. The molecular formula is C14H18N2OS2. The van der Waals surface area contributed by atoms with Crippen LogP contribution in [0.4, 0.5) is 0 Å². The van der Waals surface area contributed by atoms with Gasteiger partial charge in [0.2, 0.25) is 0 Å². The van der Waals surface area contributed by atoms with Crippen LogP contribution in [0, 0.1) is 30.0 Å². The fraction of sp³-hybridized carbons (Fsp3) is 0.571. The molecule has 1 atom stereocenters. The number of nitrogens with zero attached hydrogens (tertiary/aromatic N) is 1. The number of H-pyrrole nitrogens is 1. The van der Waals surface area contributed by atoms with Gasteiger partial charge in [0.15, 0.2) is 4.77 Å². The van der Waals surface area contributed by atoms with E-state index in [4.69, 9.17) is 12.2 Å². The number of nitrogens with one attached hydrogen (secondary N) is 1. The van der Waals surface area contributed by atoms with E-state index in [1.54, 1.807) is 15.9 Å². The van der Waals surface area contributed by atoms with E-state index in [9.17, 15) is 4.79 Å². The zero-order chi connectivity index (χ0) is 13.9. The van der Waals surface area contributed by atoms with Crippen LogP contribution < -0.4 is 5.56 Å². The van der Waals surface area contributed by atoms with Crippen LogP contribution in [-0.4, -0.2) is 9.55 Å². The monoisotopic (exact) mass is 294 g/mol. The van der Waals surface area contributed by atoms with E-state index in [1.165, 1.54) is 11.3 Å². The van der Waals surface area contributed by atoms with Crippen molar-refractivity contribution in [2.24, 2.45) is 11.3 Å². The van der Waals surface area contributed by atoms with Crippen molar-refractivity contribution in [3.63, 3.8) is 0 Å². The Labute approximate surface area is 121 Å². The second kappa shape index (κ2) is 4.03. The van der Waals surface area contributed by atoms with E-state index in [1.807, 2.05) is 13.8 Å². The first-order valence-electron chi connectivity index (χ1n) is 6.54. The first-order chi connectivity index (χ1) is 8.81. The molecule has 102 valence electrons. The predicted molar refractivity (Wildman–Crippen MR) is 82.6 cm³/mol. The molecule has 0 bridgehead atoms. The van der Waals surface area contributed by atoms with Crippen LogP contribution >= 0.6 is 23.6 Å². The van der Waals surface area contributed by atoms with E-state index in [2.05, 4.69) is 18.8 Å². The number of aryl methyl sites for hydroxylation is 2. The van der Waals surface area contributed by atoms with Gasteiger partial charge < -0.3 is 4.98 Å². The number of rotatable bonds is 2. The molecule has 3 rings (SSSR count). The predicted octanol–water partition coefficient (Wildman–Crippen LogP) is 3.78. The first kappa shape index (κ1) is 13.1. The van der Waals surface area contributed by atoms with Crippen LogP contribution in [0.15, 0.2) is 4.79 Å². The van der Waals surface area contributed by atoms with Gasteiger partial charge in [0.25, 0.3) is 5.56 Å². The molecule has 0 spiro atoms. The van der Waals surface area contributed by atoms with Crippen LogP contribution in [-0.2, 0) is 6.54 Å². The lowest BCUT2D eigenvalue weighted by Crippen LogP contribution is -2.23. The zero-order valence-corrected chi connectivity index (χ0v) is 13.3. The third kappa shape index (κ3) is 1.99. The van der Waals surface area contributed by atoms with Crippen molar-refractivity contribution in [1.29, 1.82) is 0 Å². The summed E-state index contributed by atoms with van der Waals surface area (Å²) in [6.45, 7) is 9.29. The quantitative estimate of drug-likeness (QED) is 0.856. The molecule has 5 heteroatoms. The molecule has 19 heavy (non-hydrogen) atoms. The minimum atomic E-state index is 0.0725. The molecule has 2 aromatic rings. The molecule has 2 aromatic heterocycles. The summed E-state index contributed by atoms with van der Waals surface area (Å²) >= 11 is 6.97. The highest BCUT2D eigenvalue weighted by atomic mass is 32.1. The molecular weight excluding hydrogens is 276 g/mol. The van der Waals surface area contributed by atoms with Crippen molar-refractivity contribution in [3.8, 4) is 0 Å². The molecule has 1 aliphatic rings. The molecule has 2 heterocycles. The van der Waals surface area contributed by atoms with Gasteiger partial charge in [0.1, 0.15) is 4.83 Å². The lowest BCUT2D eigenvalue weighted by atomic mass is 10.1. The fourth-order valence-electron chi connectivity index (χ4n) is 2.64. The van der Waals surface area contributed by atoms with Crippen molar-refractivity contribution in [3.05, 3.63) is 25.6 Å². The van der Waals surface area contributed by atoms with Crippen molar-refractivity contribution >= 4 is 33.8 Å². The Morgan fingerprint density at radius 1 is 1.47 bits per heavy atom. The minimum Gasteiger partial charge on any atom is -0.323 e. The largest absolute Gasteiger partial charge is 0.323 e. The van der Waals surface area contributed by atoms with Gasteiger partial charge in [0, 0.05) is 11.4 Å². The SMILES string of the molecule is Cc1sc2[nH]c(=S)n(CC3CC3(C)C)c(=O)c2c1C. The van der Waals surface area contributed by atoms with E-state index < -0.39 is 0 Å².